The Labute approximate surface area is 106 Å². The monoisotopic (exact) mass is 245 g/mol. The number of methoxy groups -OCH3 is 1. The van der Waals surface area contributed by atoms with Gasteiger partial charge in [-0.05, 0) is 31.3 Å². The van der Waals surface area contributed by atoms with Crippen molar-refractivity contribution in [2.75, 3.05) is 20.7 Å². The third-order valence-corrected chi connectivity index (χ3v) is 2.13. The van der Waals surface area contributed by atoms with Crippen molar-refractivity contribution in [3.05, 3.63) is 35.4 Å². The maximum atomic E-state index is 10.5. The Kier molecular flexibility index (Phi) is 5.49. The summed E-state index contributed by atoms with van der Waals surface area (Å²) in [6.45, 7) is 0.603. The number of carbonyl (C=O) groups is 1. The van der Waals surface area contributed by atoms with Gasteiger partial charge in [0.2, 0.25) is 0 Å². The zero-order valence-electron chi connectivity index (χ0n) is 10.4. The molecule has 0 aliphatic heterocycles. The highest BCUT2D eigenvalue weighted by atomic mass is 16.5. The normalized spacial score (nSPS) is 9.89. The van der Waals surface area contributed by atoms with Gasteiger partial charge in [-0.3, -0.25) is 0 Å². The van der Waals surface area contributed by atoms with Crippen molar-refractivity contribution in [1.82, 2.24) is 5.32 Å². The summed E-state index contributed by atoms with van der Waals surface area (Å²) in [7, 11) is 3.36. The highest BCUT2D eigenvalue weighted by Crippen LogP contribution is 2.20. The number of carboxylic acid groups (broad SMARTS) is 1. The molecule has 0 aliphatic rings. The fraction of sp³-hybridized carbons (Fsp3) is 0.214. The summed E-state index contributed by atoms with van der Waals surface area (Å²) in [4.78, 5) is 10.5. The van der Waals surface area contributed by atoms with Gasteiger partial charge >= 0.3 is 5.97 Å². The van der Waals surface area contributed by atoms with Crippen LogP contribution in [0.2, 0.25) is 0 Å². The van der Waals surface area contributed by atoms with Gasteiger partial charge in [-0.2, -0.15) is 0 Å². The van der Waals surface area contributed by atoms with Gasteiger partial charge in [0.05, 0.1) is 13.7 Å². The quantitative estimate of drug-likeness (QED) is 0.621. The van der Waals surface area contributed by atoms with Crippen LogP contribution in [0.5, 0.6) is 5.75 Å². The first-order valence-corrected chi connectivity index (χ1v) is 5.40. The molecule has 0 fully saturated rings. The lowest BCUT2D eigenvalue weighted by Crippen LogP contribution is -2.04. The van der Waals surface area contributed by atoms with Crippen molar-refractivity contribution in [1.29, 1.82) is 0 Å². The minimum atomic E-state index is -0.997. The van der Waals surface area contributed by atoms with E-state index in [1.165, 1.54) is 6.08 Å². The third kappa shape index (κ3) is 4.32. The van der Waals surface area contributed by atoms with Crippen molar-refractivity contribution in [2.45, 2.75) is 0 Å². The summed E-state index contributed by atoms with van der Waals surface area (Å²) in [6, 6.07) is 5.39. The van der Waals surface area contributed by atoms with Crippen LogP contribution in [0.25, 0.3) is 6.08 Å². The Morgan fingerprint density at radius 2 is 2.33 bits per heavy atom. The van der Waals surface area contributed by atoms with Gasteiger partial charge in [-0.25, -0.2) is 4.79 Å². The number of rotatable bonds is 4. The van der Waals surface area contributed by atoms with Gasteiger partial charge in [0, 0.05) is 17.2 Å². The molecule has 0 saturated heterocycles. The Morgan fingerprint density at radius 3 is 2.94 bits per heavy atom. The molecule has 0 unspecified atom stereocenters. The Hall–Kier alpha value is -2.25. The van der Waals surface area contributed by atoms with E-state index in [0.717, 1.165) is 11.6 Å². The van der Waals surface area contributed by atoms with Crippen LogP contribution in [-0.4, -0.2) is 31.8 Å². The highest BCUT2D eigenvalue weighted by molar-refractivity contribution is 5.86. The van der Waals surface area contributed by atoms with Crippen LogP contribution in [0.15, 0.2) is 24.3 Å². The first kappa shape index (κ1) is 13.8. The van der Waals surface area contributed by atoms with Crippen LogP contribution in [0.1, 0.15) is 11.1 Å². The summed E-state index contributed by atoms with van der Waals surface area (Å²) in [5, 5.41) is 11.5. The van der Waals surface area contributed by atoms with E-state index in [1.807, 2.05) is 13.1 Å². The van der Waals surface area contributed by atoms with Gasteiger partial charge in [0.25, 0.3) is 0 Å². The molecule has 4 heteroatoms. The standard InChI is InChI=1S/C14H15NO3/c1-15-9-3-4-11-5-7-13(18-2)12(10-11)6-8-14(16)17/h5-8,10,15H,9H2,1-2H3,(H,16,17)/b8-6+. The second kappa shape index (κ2) is 7.15. The number of hydrogen-bond acceptors (Lipinski definition) is 3. The Balaban J connectivity index is 3.02. The van der Waals surface area contributed by atoms with Crippen LogP contribution in [0, 0.1) is 11.8 Å². The molecule has 0 amide bonds. The van der Waals surface area contributed by atoms with Gasteiger partial charge in [-0.15, -0.1) is 0 Å². The molecular formula is C14H15NO3. The smallest absolute Gasteiger partial charge is 0.328 e. The van der Waals surface area contributed by atoms with E-state index in [9.17, 15) is 4.79 Å². The summed E-state index contributed by atoms with van der Waals surface area (Å²) in [6.07, 6.45) is 2.56. The van der Waals surface area contributed by atoms with E-state index in [0.29, 0.717) is 17.9 Å². The molecule has 1 aromatic rings. The Bertz CT molecular complexity index is 510. The maximum absolute atomic E-state index is 10.5. The maximum Gasteiger partial charge on any atom is 0.328 e. The van der Waals surface area contributed by atoms with Crippen molar-refractivity contribution in [3.63, 3.8) is 0 Å². The van der Waals surface area contributed by atoms with Crippen LogP contribution < -0.4 is 10.1 Å². The van der Waals surface area contributed by atoms with Crippen molar-refractivity contribution >= 4 is 12.0 Å². The molecule has 0 spiro atoms. The zero-order chi connectivity index (χ0) is 13.4. The number of carboxylic acids is 1. The van der Waals surface area contributed by atoms with E-state index < -0.39 is 5.97 Å². The molecule has 0 aliphatic carbocycles. The van der Waals surface area contributed by atoms with Gasteiger partial charge in [0.15, 0.2) is 0 Å². The first-order valence-electron chi connectivity index (χ1n) is 5.40. The summed E-state index contributed by atoms with van der Waals surface area (Å²) >= 11 is 0. The largest absolute Gasteiger partial charge is 0.496 e. The van der Waals surface area contributed by atoms with E-state index in [4.69, 9.17) is 9.84 Å². The molecule has 0 bridgehead atoms. The summed E-state index contributed by atoms with van der Waals surface area (Å²) in [5.74, 6) is 5.53. The minimum absolute atomic E-state index is 0.603. The zero-order valence-corrected chi connectivity index (χ0v) is 10.4. The molecule has 0 saturated carbocycles. The topological polar surface area (TPSA) is 58.6 Å². The van der Waals surface area contributed by atoms with Crippen molar-refractivity contribution < 1.29 is 14.6 Å². The van der Waals surface area contributed by atoms with Crippen molar-refractivity contribution in [2.24, 2.45) is 0 Å². The lowest BCUT2D eigenvalue weighted by molar-refractivity contribution is -0.131. The predicted octanol–water partition coefficient (Wildman–Crippen LogP) is 1.36. The first-order chi connectivity index (χ1) is 8.67. The molecule has 0 radical (unpaired) electrons. The molecule has 0 atom stereocenters. The number of nitrogens with one attached hydrogen (secondary N) is 1. The molecule has 1 aromatic carbocycles. The fourth-order valence-electron chi connectivity index (χ4n) is 1.34. The SMILES string of the molecule is CNCC#Cc1ccc(OC)c(/C=C/C(=O)O)c1. The summed E-state index contributed by atoms with van der Waals surface area (Å²) in [5.41, 5.74) is 1.51. The Morgan fingerprint density at radius 1 is 1.56 bits per heavy atom. The van der Waals surface area contributed by atoms with Crippen molar-refractivity contribution in [3.8, 4) is 17.6 Å². The highest BCUT2D eigenvalue weighted by Gasteiger charge is 2.01. The average molecular weight is 245 g/mol. The second-order valence-electron chi connectivity index (χ2n) is 3.46. The third-order valence-electron chi connectivity index (χ3n) is 2.13. The molecule has 0 heterocycles. The second-order valence-corrected chi connectivity index (χ2v) is 3.46. The molecule has 18 heavy (non-hydrogen) atoms. The lowest BCUT2D eigenvalue weighted by atomic mass is 10.1. The van der Waals surface area contributed by atoms with Crippen LogP contribution in [-0.2, 0) is 4.79 Å². The lowest BCUT2D eigenvalue weighted by Gasteiger charge is -2.04. The molecule has 4 nitrogen and oxygen atoms in total. The van der Waals surface area contributed by atoms with Gasteiger partial charge in [-0.1, -0.05) is 11.8 Å². The molecule has 94 valence electrons. The van der Waals surface area contributed by atoms with E-state index in [-0.39, 0.29) is 0 Å². The average Bonchev–Trinajstić information content (AvgIpc) is 2.37. The van der Waals surface area contributed by atoms with Crippen LogP contribution in [0.4, 0.5) is 0 Å². The van der Waals surface area contributed by atoms with E-state index in [2.05, 4.69) is 17.2 Å². The fourth-order valence-corrected chi connectivity index (χ4v) is 1.34. The summed E-state index contributed by atoms with van der Waals surface area (Å²) < 4.78 is 5.15. The molecule has 0 aromatic heterocycles. The van der Waals surface area contributed by atoms with E-state index >= 15 is 0 Å². The number of hydrogen-bond donors (Lipinski definition) is 2. The van der Waals surface area contributed by atoms with E-state index in [1.54, 1.807) is 19.2 Å². The number of aliphatic carboxylic acids is 1. The number of benzene rings is 1. The minimum Gasteiger partial charge on any atom is -0.496 e. The van der Waals surface area contributed by atoms with Gasteiger partial charge in [0.1, 0.15) is 5.75 Å². The molecule has 2 N–H and O–H groups in total. The van der Waals surface area contributed by atoms with Crippen LogP contribution >= 0.6 is 0 Å². The van der Waals surface area contributed by atoms with Crippen LogP contribution in [0.3, 0.4) is 0 Å². The molecular weight excluding hydrogens is 230 g/mol. The number of ether oxygens (including phenoxy) is 1. The molecule has 1 rings (SSSR count). The predicted molar refractivity (Wildman–Crippen MR) is 70.5 cm³/mol. The van der Waals surface area contributed by atoms with Gasteiger partial charge < -0.3 is 15.2 Å².